The number of nitrogens with zero attached hydrogens (tertiary/aromatic N) is 4. The first-order valence-electron chi connectivity index (χ1n) is 6.42. The highest BCUT2D eigenvalue weighted by atomic mass is 15.5. The standard InChI is InChI=1S/C15H14N6/c16-14-10-12(6-9-18-14)20-21(13-4-3-7-17-11-13)15-5-1-2-8-19-15/h1-11H,(H3,16,18,20). The van der Waals surface area contributed by atoms with E-state index in [1.54, 1.807) is 30.9 Å². The summed E-state index contributed by atoms with van der Waals surface area (Å²) in [4.78, 5) is 12.5. The summed E-state index contributed by atoms with van der Waals surface area (Å²) in [5.74, 6) is 1.20. The largest absolute Gasteiger partial charge is 0.384 e. The van der Waals surface area contributed by atoms with E-state index >= 15 is 0 Å². The minimum Gasteiger partial charge on any atom is -0.384 e. The van der Waals surface area contributed by atoms with Crippen LogP contribution >= 0.6 is 0 Å². The van der Waals surface area contributed by atoms with Gasteiger partial charge in [0, 0.05) is 24.7 Å². The van der Waals surface area contributed by atoms with Gasteiger partial charge in [0.05, 0.1) is 17.6 Å². The van der Waals surface area contributed by atoms with Gasteiger partial charge in [0.1, 0.15) is 5.82 Å². The number of nitrogens with one attached hydrogen (secondary N) is 1. The minimum atomic E-state index is 0.451. The van der Waals surface area contributed by atoms with E-state index in [1.165, 1.54) is 0 Å². The van der Waals surface area contributed by atoms with E-state index in [4.69, 9.17) is 5.73 Å². The summed E-state index contributed by atoms with van der Waals surface area (Å²) in [7, 11) is 0. The molecule has 3 rings (SSSR count). The molecule has 104 valence electrons. The molecule has 6 heteroatoms. The molecule has 0 aliphatic rings. The fourth-order valence-electron chi connectivity index (χ4n) is 1.87. The molecule has 0 saturated carbocycles. The van der Waals surface area contributed by atoms with Crippen molar-refractivity contribution in [3.05, 3.63) is 67.3 Å². The summed E-state index contributed by atoms with van der Waals surface area (Å²) in [6.07, 6.45) is 6.87. The van der Waals surface area contributed by atoms with Crippen LogP contribution in [0.15, 0.2) is 67.3 Å². The Balaban J connectivity index is 1.97. The molecule has 0 fully saturated rings. The zero-order valence-corrected chi connectivity index (χ0v) is 11.2. The number of hydrazine groups is 1. The van der Waals surface area contributed by atoms with Gasteiger partial charge >= 0.3 is 0 Å². The first kappa shape index (κ1) is 12.9. The Bertz CT molecular complexity index is 662. The Hall–Kier alpha value is -3.15. The predicted octanol–water partition coefficient (Wildman–Crippen LogP) is 2.62. The minimum absolute atomic E-state index is 0.451. The summed E-state index contributed by atoms with van der Waals surface area (Å²) in [5, 5.41) is 1.84. The van der Waals surface area contributed by atoms with Gasteiger partial charge in [0.15, 0.2) is 5.82 Å². The Morgan fingerprint density at radius 2 is 1.90 bits per heavy atom. The molecule has 3 aromatic heterocycles. The summed E-state index contributed by atoms with van der Waals surface area (Å²) < 4.78 is 0. The van der Waals surface area contributed by atoms with E-state index in [0.29, 0.717) is 5.82 Å². The topological polar surface area (TPSA) is 80.0 Å². The molecule has 6 nitrogen and oxygen atoms in total. The van der Waals surface area contributed by atoms with Gasteiger partial charge < -0.3 is 5.73 Å². The van der Waals surface area contributed by atoms with Crippen LogP contribution in [0.1, 0.15) is 0 Å². The molecule has 0 aliphatic carbocycles. The Labute approximate surface area is 122 Å². The summed E-state index contributed by atoms with van der Waals surface area (Å²) >= 11 is 0. The number of nitrogen functional groups attached to an aromatic ring is 1. The van der Waals surface area contributed by atoms with Crippen LogP contribution in [0.3, 0.4) is 0 Å². The number of nitrogens with two attached hydrogens (primary N) is 1. The Kier molecular flexibility index (Phi) is 3.60. The molecule has 0 unspecified atom stereocenters. The van der Waals surface area contributed by atoms with Gasteiger partial charge in [-0.1, -0.05) is 6.07 Å². The zero-order chi connectivity index (χ0) is 14.5. The third-order valence-electron chi connectivity index (χ3n) is 2.80. The molecule has 3 heterocycles. The molecule has 0 amide bonds. The molecule has 0 aromatic carbocycles. The van der Waals surface area contributed by atoms with Gasteiger partial charge in [-0.2, -0.15) is 0 Å². The smallest absolute Gasteiger partial charge is 0.151 e. The molecule has 0 saturated heterocycles. The van der Waals surface area contributed by atoms with E-state index in [2.05, 4.69) is 20.4 Å². The predicted molar refractivity (Wildman–Crippen MR) is 82.9 cm³/mol. The maximum Gasteiger partial charge on any atom is 0.151 e. The van der Waals surface area contributed by atoms with Crippen molar-refractivity contribution in [3.8, 4) is 0 Å². The third-order valence-corrected chi connectivity index (χ3v) is 2.80. The second kappa shape index (κ2) is 5.87. The summed E-state index contributed by atoms with van der Waals surface area (Å²) in [6, 6.07) is 13.1. The van der Waals surface area contributed by atoms with Crippen molar-refractivity contribution in [1.29, 1.82) is 0 Å². The van der Waals surface area contributed by atoms with E-state index in [0.717, 1.165) is 17.2 Å². The van der Waals surface area contributed by atoms with Crippen molar-refractivity contribution in [1.82, 2.24) is 15.0 Å². The molecule has 0 aliphatic heterocycles. The number of hydrogen-bond acceptors (Lipinski definition) is 6. The molecule has 0 radical (unpaired) electrons. The highest BCUT2D eigenvalue weighted by molar-refractivity contribution is 5.65. The molecule has 3 N–H and O–H groups in total. The van der Waals surface area contributed by atoms with Gasteiger partial charge in [-0.15, -0.1) is 0 Å². The van der Waals surface area contributed by atoms with Gasteiger partial charge in [-0.3, -0.25) is 10.4 Å². The lowest BCUT2D eigenvalue weighted by Crippen LogP contribution is -2.25. The van der Waals surface area contributed by atoms with Crippen molar-refractivity contribution in [3.63, 3.8) is 0 Å². The van der Waals surface area contributed by atoms with Crippen molar-refractivity contribution in [2.24, 2.45) is 0 Å². The average Bonchev–Trinajstić information content (AvgIpc) is 2.54. The van der Waals surface area contributed by atoms with Gasteiger partial charge in [0.2, 0.25) is 0 Å². The lowest BCUT2D eigenvalue weighted by Gasteiger charge is -2.25. The summed E-state index contributed by atoms with van der Waals surface area (Å²) in [6.45, 7) is 0. The normalized spacial score (nSPS) is 10.1. The van der Waals surface area contributed by atoms with E-state index in [1.807, 2.05) is 41.4 Å². The van der Waals surface area contributed by atoms with Crippen molar-refractivity contribution < 1.29 is 0 Å². The van der Waals surface area contributed by atoms with E-state index < -0.39 is 0 Å². The lowest BCUT2D eigenvalue weighted by molar-refractivity contribution is 1.08. The second-order valence-electron chi connectivity index (χ2n) is 4.32. The van der Waals surface area contributed by atoms with Crippen LogP contribution < -0.4 is 16.2 Å². The summed E-state index contributed by atoms with van der Waals surface area (Å²) in [5.41, 5.74) is 10.7. The Morgan fingerprint density at radius 3 is 2.62 bits per heavy atom. The van der Waals surface area contributed by atoms with Gasteiger partial charge in [0.25, 0.3) is 0 Å². The van der Waals surface area contributed by atoms with Crippen LogP contribution in [0.4, 0.5) is 23.0 Å². The molecular weight excluding hydrogens is 264 g/mol. The first-order valence-corrected chi connectivity index (χ1v) is 6.42. The molecule has 0 atom stereocenters. The van der Waals surface area contributed by atoms with Crippen LogP contribution in [0, 0.1) is 0 Å². The highest BCUT2D eigenvalue weighted by Crippen LogP contribution is 2.23. The van der Waals surface area contributed by atoms with E-state index in [-0.39, 0.29) is 0 Å². The number of aromatic nitrogens is 3. The maximum atomic E-state index is 5.71. The zero-order valence-electron chi connectivity index (χ0n) is 11.2. The van der Waals surface area contributed by atoms with E-state index in [9.17, 15) is 0 Å². The molecule has 0 spiro atoms. The maximum absolute atomic E-state index is 5.71. The van der Waals surface area contributed by atoms with Crippen molar-refractivity contribution in [2.75, 3.05) is 16.2 Å². The number of hydrogen-bond donors (Lipinski definition) is 2. The van der Waals surface area contributed by atoms with Crippen LogP contribution in [0.2, 0.25) is 0 Å². The molecule has 21 heavy (non-hydrogen) atoms. The Morgan fingerprint density at radius 1 is 0.952 bits per heavy atom. The van der Waals surface area contributed by atoms with Gasteiger partial charge in [-0.05, 0) is 30.3 Å². The molecular formula is C15H14N6. The molecule has 3 aromatic rings. The second-order valence-corrected chi connectivity index (χ2v) is 4.32. The third kappa shape index (κ3) is 3.06. The van der Waals surface area contributed by atoms with Crippen LogP contribution in [-0.2, 0) is 0 Å². The average molecular weight is 278 g/mol. The fraction of sp³-hybridized carbons (Fsp3) is 0. The van der Waals surface area contributed by atoms with Gasteiger partial charge in [-0.25, -0.2) is 15.0 Å². The number of anilines is 4. The fourth-order valence-corrected chi connectivity index (χ4v) is 1.87. The van der Waals surface area contributed by atoms with Crippen molar-refractivity contribution in [2.45, 2.75) is 0 Å². The highest BCUT2D eigenvalue weighted by Gasteiger charge is 2.10. The number of rotatable bonds is 4. The lowest BCUT2D eigenvalue weighted by atomic mass is 10.3. The van der Waals surface area contributed by atoms with Crippen LogP contribution in [0.5, 0.6) is 0 Å². The SMILES string of the molecule is Nc1cc(NN(c2cccnc2)c2ccccn2)ccn1. The molecule has 0 bridgehead atoms. The van der Waals surface area contributed by atoms with Crippen molar-refractivity contribution >= 4 is 23.0 Å². The van der Waals surface area contributed by atoms with Crippen LogP contribution in [0.25, 0.3) is 0 Å². The number of pyridine rings is 3. The monoisotopic (exact) mass is 278 g/mol. The van der Waals surface area contributed by atoms with Crippen LogP contribution in [-0.4, -0.2) is 15.0 Å². The first-order chi connectivity index (χ1) is 10.3. The quantitative estimate of drug-likeness (QED) is 0.714.